The monoisotopic (exact) mass is 295 g/mol. The number of carbonyl (C=O) groups is 1. The van der Waals surface area contributed by atoms with E-state index in [1.54, 1.807) is 0 Å². The minimum atomic E-state index is -0.160. The molecule has 2 N–H and O–H groups in total. The van der Waals surface area contributed by atoms with Crippen molar-refractivity contribution in [1.29, 1.82) is 0 Å². The Morgan fingerprint density at radius 1 is 1.45 bits per heavy atom. The van der Waals surface area contributed by atoms with Gasteiger partial charge in [0.15, 0.2) is 0 Å². The number of hydrogen-bond donors (Lipinski definition) is 2. The maximum absolute atomic E-state index is 11.8. The molecule has 1 amide bonds. The van der Waals surface area contributed by atoms with Crippen LogP contribution >= 0.6 is 11.3 Å². The molecule has 2 unspecified atom stereocenters. The molecule has 2 rings (SSSR count). The summed E-state index contributed by atoms with van der Waals surface area (Å²) in [5, 5.41) is 12.6. The van der Waals surface area contributed by atoms with Gasteiger partial charge >= 0.3 is 0 Å². The molecule has 112 valence electrons. The number of nitrogens with one attached hydrogen (secondary N) is 1. The van der Waals surface area contributed by atoms with Crippen LogP contribution in [0, 0.1) is 12.8 Å². The highest BCUT2D eigenvalue weighted by molar-refractivity contribution is 7.11. The molecule has 3 nitrogen and oxygen atoms in total. The number of amides is 1. The molecule has 0 spiro atoms. The largest absolute Gasteiger partial charge is 0.393 e. The summed E-state index contributed by atoms with van der Waals surface area (Å²) >= 11 is 1.82. The van der Waals surface area contributed by atoms with Crippen molar-refractivity contribution in [3.05, 3.63) is 21.9 Å². The molecule has 1 aliphatic carbocycles. The molecule has 0 radical (unpaired) electrons. The predicted molar refractivity (Wildman–Crippen MR) is 83.0 cm³/mol. The van der Waals surface area contributed by atoms with E-state index in [2.05, 4.69) is 24.4 Å². The van der Waals surface area contributed by atoms with Gasteiger partial charge in [0.1, 0.15) is 0 Å². The second kappa shape index (κ2) is 7.79. The van der Waals surface area contributed by atoms with E-state index in [0.717, 1.165) is 45.1 Å². The van der Waals surface area contributed by atoms with Crippen LogP contribution in [0.1, 0.15) is 48.3 Å². The van der Waals surface area contributed by atoms with Crippen LogP contribution in [0.25, 0.3) is 0 Å². The third-order valence-corrected chi connectivity index (χ3v) is 5.03. The molecule has 1 saturated carbocycles. The summed E-state index contributed by atoms with van der Waals surface area (Å²) in [6.45, 7) is 2.84. The molecular weight excluding hydrogens is 270 g/mol. The first-order chi connectivity index (χ1) is 9.63. The number of hydrogen-bond acceptors (Lipinski definition) is 3. The lowest BCUT2D eigenvalue weighted by molar-refractivity contribution is -0.121. The van der Waals surface area contributed by atoms with Gasteiger partial charge < -0.3 is 10.4 Å². The fourth-order valence-electron chi connectivity index (χ4n) is 2.84. The van der Waals surface area contributed by atoms with Crippen LogP contribution in [0.4, 0.5) is 0 Å². The van der Waals surface area contributed by atoms with Crippen molar-refractivity contribution in [2.75, 3.05) is 6.54 Å². The van der Waals surface area contributed by atoms with E-state index in [-0.39, 0.29) is 12.0 Å². The molecular formula is C16H25NO2S. The van der Waals surface area contributed by atoms with Gasteiger partial charge in [-0.05, 0) is 57.1 Å². The summed E-state index contributed by atoms with van der Waals surface area (Å²) in [4.78, 5) is 14.5. The average Bonchev–Trinajstić information content (AvgIpc) is 2.82. The molecule has 0 aliphatic heterocycles. The maximum atomic E-state index is 11.8. The quantitative estimate of drug-likeness (QED) is 0.847. The predicted octanol–water partition coefficient (Wildman–Crippen LogP) is 3.05. The Hall–Kier alpha value is -0.870. The Morgan fingerprint density at radius 2 is 2.30 bits per heavy atom. The first-order valence-electron chi connectivity index (χ1n) is 7.63. The van der Waals surface area contributed by atoms with Crippen molar-refractivity contribution in [3.8, 4) is 0 Å². The Bertz CT molecular complexity index is 430. The molecule has 0 saturated heterocycles. The number of thiophene rings is 1. The topological polar surface area (TPSA) is 49.3 Å². The zero-order chi connectivity index (χ0) is 14.4. The van der Waals surface area contributed by atoms with Crippen LogP contribution in [-0.2, 0) is 11.2 Å². The summed E-state index contributed by atoms with van der Waals surface area (Å²) in [5.74, 6) is 0.612. The van der Waals surface area contributed by atoms with Gasteiger partial charge in [-0.3, -0.25) is 4.79 Å². The van der Waals surface area contributed by atoms with Crippen LogP contribution < -0.4 is 5.32 Å². The molecule has 1 aliphatic rings. The number of rotatable bonds is 6. The van der Waals surface area contributed by atoms with Crippen molar-refractivity contribution >= 4 is 17.2 Å². The van der Waals surface area contributed by atoms with Gasteiger partial charge in [-0.15, -0.1) is 11.3 Å². The molecule has 4 heteroatoms. The molecule has 1 aromatic rings. The van der Waals surface area contributed by atoms with Crippen LogP contribution in [0.5, 0.6) is 0 Å². The fraction of sp³-hybridized carbons (Fsp3) is 0.688. The first kappa shape index (κ1) is 15.5. The minimum Gasteiger partial charge on any atom is -0.393 e. The van der Waals surface area contributed by atoms with Gasteiger partial charge in [-0.1, -0.05) is 6.42 Å². The van der Waals surface area contributed by atoms with E-state index in [1.165, 1.54) is 9.75 Å². The minimum absolute atomic E-state index is 0.151. The molecule has 0 bridgehead atoms. The van der Waals surface area contributed by atoms with Gasteiger partial charge in [-0.25, -0.2) is 0 Å². The third kappa shape index (κ3) is 5.25. The molecule has 0 aromatic carbocycles. The molecule has 2 atom stereocenters. The Labute approximate surface area is 125 Å². The fourth-order valence-corrected chi connectivity index (χ4v) is 3.77. The van der Waals surface area contributed by atoms with Gasteiger partial charge in [0, 0.05) is 22.7 Å². The highest BCUT2D eigenvalue weighted by Crippen LogP contribution is 2.23. The van der Waals surface area contributed by atoms with Gasteiger partial charge in [-0.2, -0.15) is 0 Å². The van der Waals surface area contributed by atoms with E-state index in [1.807, 2.05) is 11.3 Å². The number of aliphatic hydroxyl groups is 1. The molecule has 1 aromatic heterocycles. The zero-order valence-electron chi connectivity index (χ0n) is 12.2. The highest BCUT2D eigenvalue weighted by atomic mass is 32.1. The van der Waals surface area contributed by atoms with Gasteiger partial charge in [0.05, 0.1) is 6.10 Å². The lowest BCUT2D eigenvalue weighted by Gasteiger charge is -2.25. The average molecular weight is 295 g/mol. The van der Waals surface area contributed by atoms with E-state index >= 15 is 0 Å². The summed E-state index contributed by atoms with van der Waals surface area (Å²) in [6.07, 6.45) is 6.33. The van der Waals surface area contributed by atoms with E-state index in [4.69, 9.17) is 0 Å². The maximum Gasteiger partial charge on any atom is 0.220 e. The van der Waals surface area contributed by atoms with Crippen molar-refractivity contribution in [3.63, 3.8) is 0 Å². The standard InChI is InChI=1S/C16H25NO2S/c1-12-8-9-15(20-12)6-3-7-16(19)17-11-13-4-2-5-14(18)10-13/h8-9,13-14,18H,2-7,10-11H2,1H3,(H,17,19). The van der Waals surface area contributed by atoms with Crippen LogP contribution in [0.3, 0.4) is 0 Å². The zero-order valence-corrected chi connectivity index (χ0v) is 13.0. The lowest BCUT2D eigenvalue weighted by Crippen LogP contribution is -2.32. The van der Waals surface area contributed by atoms with E-state index in [0.29, 0.717) is 12.3 Å². The van der Waals surface area contributed by atoms with Gasteiger partial charge in [0.25, 0.3) is 0 Å². The summed E-state index contributed by atoms with van der Waals surface area (Å²) in [7, 11) is 0. The van der Waals surface area contributed by atoms with Crippen molar-refractivity contribution in [2.45, 2.75) is 58.0 Å². The van der Waals surface area contributed by atoms with Crippen molar-refractivity contribution in [1.82, 2.24) is 5.32 Å². The van der Waals surface area contributed by atoms with E-state index < -0.39 is 0 Å². The summed E-state index contributed by atoms with van der Waals surface area (Å²) in [5.41, 5.74) is 0. The highest BCUT2D eigenvalue weighted by Gasteiger charge is 2.20. The Balaban J connectivity index is 1.58. The first-order valence-corrected chi connectivity index (χ1v) is 8.45. The van der Waals surface area contributed by atoms with Crippen LogP contribution in [0.15, 0.2) is 12.1 Å². The second-order valence-electron chi connectivity index (χ2n) is 5.86. The second-order valence-corrected chi connectivity index (χ2v) is 7.23. The van der Waals surface area contributed by atoms with Crippen molar-refractivity contribution < 1.29 is 9.90 Å². The van der Waals surface area contributed by atoms with Crippen LogP contribution in [-0.4, -0.2) is 23.7 Å². The smallest absolute Gasteiger partial charge is 0.220 e. The molecule has 1 fully saturated rings. The third-order valence-electron chi connectivity index (χ3n) is 3.97. The number of aryl methyl sites for hydroxylation is 2. The van der Waals surface area contributed by atoms with Crippen molar-refractivity contribution in [2.24, 2.45) is 5.92 Å². The SMILES string of the molecule is Cc1ccc(CCCC(=O)NCC2CCCC(O)C2)s1. The molecule has 1 heterocycles. The Morgan fingerprint density at radius 3 is 3.00 bits per heavy atom. The Kier molecular flexibility index (Phi) is 6.05. The number of aliphatic hydroxyl groups excluding tert-OH is 1. The number of carbonyl (C=O) groups excluding carboxylic acids is 1. The van der Waals surface area contributed by atoms with E-state index in [9.17, 15) is 9.90 Å². The lowest BCUT2D eigenvalue weighted by atomic mass is 9.87. The summed E-state index contributed by atoms with van der Waals surface area (Å²) in [6, 6.07) is 4.29. The molecule has 20 heavy (non-hydrogen) atoms. The van der Waals surface area contributed by atoms with Crippen LogP contribution in [0.2, 0.25) is 0 Å². The normalized spacial score (nSPS) is 22.7. The van der Waals surface area contributed by atoms with Gasteiger partial charge in [0.2, 0.25) is 5.91 Å². The summed E-state index contributed by atoms with van der Waals surface area (Å²) < 4.78 is 0.